The summed E-state index contributed by atoms with van der Waals surface area (Å²) >= 11 is 1.59. The molecular formula is C20H18N4O2S. The van der Waals surface area contributed by atoms with Crippen LogP contribution in [0.3, 0.4) is 0 Å². The molecule has 0 aliphatic rings. The Balaban J connectivity index is 1.48. The predicted octanol–water partition coefficient (Wildman–Crippen LogP) is 2.92. The summed E-state index contributed by atoms with van der Waals surface area (Å²) < 4.78 is 1.41. The zero-order chi connectivity index (χ0) is 18.8. The van der Waals surface area contributed by atoms with E-state index in [1.54, 1.807) is 11.3 Å². The molecule has 6 nitrogen and oxygen atoms in total. The van der Waals surface area contributed by atoms with E-state index in [0.717, 1.165) is 21.7 Å². The summed E-state index contributed by atoms with van der Waals surface area (Å²) in [6, 6.07) is 15.1. The molecule has 2 N–H and O–H groups in total. The Morgan fingerprint density at radius 2 is 2.04 bits per heavy atom. The van der Waals surface area contributed by atoms with Gasteiger partial charge >= 0.3 is 0 Å². The third-order valence-corrected chi connectivity index (χ3v) is 5.15. The number of nitrogens with one attached hydrogen (secondary N) is 2. The van der Waals surface area contributed by atoms with Crippen LogP contribution in [0.4, 0.5) is 0 Å². The quantitative estimate of drug-likeness (QED) is 0.560. The molecule has 0 saturated heterocycles. The van der Waals surface area contributed by atoms with Gasteiger partial charge in [0, 0.05) is 12.1 Å². The maximum absolute atomic E-state index is 12.3. The Kier molecular flexibility index (Phi) is 4.60. The van der Waals surface area contributed by atoms with E-state index in [4.69, 9.17) is 0 Å². The van der Waals surface area contributed by atoms with Crippen molar-refractivity contribution in [1.29, 1.82) is 0 Å². The maximum atomic E-state index is 12.3. The molecule has 3 aromatic heterocycles. The fourth-order valence-electron chi connectivity index (χ4n) is 2.83. The second-order valence-electron chi connectivity index (χ2n) is 6.37. The van der Waals surface area contributed by atoms with E-state index in [9.17, 15) is 9.59 Å². The van der Waals surface area contributed by atoms with Gasteiger partial charge in [0.1, 0.15) is 0 Å². The number of rotatable bonds is 5. The van der Waals surface area contributed by atoms with E-state index in [1.165, 1.54) is 10.6 Å². The number of hydrogen-bond acceptors (Lipinski definition) is 4. The minimum absolute atomic E-state index is 0.103. The molecule has 0 saturated carbocycles. The minimum Gasteiger partial charge on any atom is -0.350 e. The highest BCUT2D eigenvalue weighted by Gasteiger charge is 2.10. The zero-order valence-corrected chi connectivity index (χ0v) is 15.5. The molecule has 0 unspecified atom stereocenters. The summed E-state index contributed by atoms with van der Waals surface area (Å²) in [4.78, 5) is 30.0. The van der Waals surface area contributed by atoms with E-state index < -0.39 is 0 Å². The second kappa shape index (κ2) is 7.20. The topological polar surface area (TPSA) is 79.3 Å². The molecule has 4 aromatic rings. The molecule has 0 radical (unpaired) electrons. The van der Waals surface area contributed by atoms with Gasteiger partial charge in [0.05, 0.1) is 29.2 Å². The summed E-state index contributed by atoms with van der Waals surface area (Å²) in [6.07, 6.45) is 0.300. The van der Waals surface area contributed by atoms with Crippen LogP contribution in [0.5, 0.6) is 0 Å². The molecule has 7 heteroatoms. The van der Waals surface area contributed by atoms with Gasteiger partial charge in [-0.2, -0.15) is 0 Å². The Labute approximate surface area is 159 Å². The molecule has 0 fully saturated rings. The van der Waals surface area contributed by atoms with Crippen LogP contribution < -0.4 is 10.9 Å². The molecular weight excluding hydrogens is 360 g/mol. The van der Waals surface area contributed by atoms with Crippen molar-refractivity contribution < 1.29 is 4.79 Å². The van der Waals surface area contributed by atoms with Gasteiger partial charge in [0.25, 0.3) is 5.56 Å². The third kappa shape index (κ3) is 3.83. The zero-order valence-electron chi connectivity index (χ0n) is 14.7. The highest BCUT2D eigenvalue weighted by molar-refractivity contribution is 7.13. The van der Waals surface area contributed by atoms with Crippen LogP contribution in [0.25, 0.3) is 16.2 Å². The number of aromatic amines is 1. The van der Waals surface area contributed by atoms with E-state index in [0.29, 0.717) is 17.8 Å². The molecule has 27 heavy (non-hydrogen) atoms. The van der Waals surface area contributed by atoms with E-state index in [2.05, 4.69) is 15.4 Å². The smallest absolute Gasteiger partial charge is 0.272 e. The molecule has 0 bridgehead atoms. The van der Waals surface area contributed by atoms with Gasteiger partial charge in [0.15, 0.2) is 5.65 Å². The summed E-state index contributed by atoms with van der Waals surface area (Å²) in [6.45, 7) is 2.23. The monoisotopic (exact) mass is 378 g/mol. The number of carbonyl (C=O) groups is 1. The predicted molar refractivity (Wildman–Crippen MR) is 106 cm³/mol. The van der Waals surface area contributed by atoms with Gasteiger partial charge < -0.3 is 5.32 Å². The number of H-pyrrole nitrogens is 1. The van der Waals surface area contributed by atoms with Crippen molar-refractivity contribution in [2.45, 2.75) is 19.9 Å². The highest BCUT2D eigenvalue weighted by atomic mass is 32.1. The number of aryl methyl sites for hydroxylation is 1. The number of thiophene rings is 1. The van der Waals surface area contributed by atoms with Gasteiger partial charge in [-0.3, -0.25) is 14.7 Å². The van der Waals surface area contributed by atoms with E-state index in [-0.39, 0.29) is 18.0 Å². The summed E-state index contributed by atoms with van der Waals surface area (Å²) in [7, 11) is 0. The highest BCUT2D eigenvalue weighted by Crippen LogP contribution is 2.23. The van der Waals surface area contributed by atoms with Crippen LogP contribution in [0.1, 0.15) is 16.8 Å². The number of aromatic nitrogens is 3. The van der Waals surface area contributed by atoms with E-state index in [1.807, 2.05) is 54.8 Å². The van der Waals surface area contributed by atoms with Crippen molar-refractivity contribution in [3.8, 4) is 10.6 Å². The van der Waals surface area contributed by atoms with Crippen molar-refractivity contribution in [2.24, 2.45) is 0 Å². The van der Waals surface area contributed by atoms with Gasteiger partial charge in [-0.1, -0.05) is 35.9 Å². The van der Waals surface area contributed by atoms with Crippen LogP contribution in [0.15, 0.2) is 58.7 Å². The molecule has 136 valence electrons. The first-order valence-corrected chi connectivity index (χ1v) is 9.44. The lowest BCUT2D eigenvalue weighted by molar-refractivity contribution is -0.120. The van der Waals surface area contributed by atoms with Crippen molar-refractivity contribution in [1.82, 2.24) is 19.9 Å². The SMILES string of the molecule is Cc1ccc(CC(=O)NCc2cc(=O)n3[nH]c(-c4cccs4)cc3n2)cc1. The van der Waals surface area contributed by atoms with E-state index >= 15 is 0 Å². The number of amides is 1. The molecule has 3 heterocycles. The van der Waals surface area contributed by atoms with Gasteiger partial charge in [-0.25, -0.2) is 9.50 Å². The van der Waals surface area contributed by atoms with Crippen LogP contribution in [0, 0.1) is 6.92 Å². The summed E-state index contributed by atoms with van der Waals surface area (Å²) in [5.74, 6) is -0.103. The molecule has 1 aromatic carbocycles. The molecule has 4 rings (SSSR count). The lowest BCUT2D eigenvalue weighted by Gasteiger charge is -2.05. The van der Waals surface area contributed by atoms with Crippen molar-refractivity contribution in [3.05, 3.63) is 81.1 Å². The third-order valence-electron chi connectivity index (χ3n) is 4.24. The lowest BCUT2D eigenvalue weighted by Crippen LogP contribution is -2.26. The number of fused-ring (bicyclic) bond motifs is 1. The Morgan fingerprint density at radius 1 is 1.22 bits per heavy atom. The average Bonchev–Trinajstić information content (AvgIpc) is 3.31. The summed E-state index contributed by atoms with van der Waals surface area (Å²) in [5, 5.41) is 7.87. The first kappa shape index (κ1) is 17.2. The Morgan fingerprint density at radius 3 is 2.78 bits per heavy atom. The molecule has 0 aliphatic heterocycles. The van der Waals surface area contributed by atoms with Crippen molar-refractivity contribution >= 4 is 22.9 Å². The molecule has 0 spiro atoms. The number of nitrogens with zero attached hydrogens (tertiary/aromatic N) is 2. The fraction of sp³-hybridized carbons (Fsp3) is 0.150. The van der Waals surface area contributed by atoms with Crippen LogP contribution >= 0.6 is 11.3 Å². The normalized spacial score (nSPS) is 11.0. The minimum atomic E-state index is -0.203. The van der Waals surface area contributed by atoms with Gasteiger partial charge in [-0.15, -0.1) is 11.3 Å². The lowest BCUT2D eigenvalue weighted by atomic mass is 10.1. The Hall–Kier alpha value is -3.19. The first-order chi connectivity index (χ1) is 13.1. The number of carbonyl (C=O) groups excluding carboxylic acids is 1. The average molecular weight is 378 g/mol. The molecule has 0 aliphatic carbocycles. The van der Waals surface area contributed by atoms with Crippen LogP contribution in [-0.2, 0) is 17.8 Å². The van der Waals surface area contributed by atoms with Crippen molar-refractivity contribution in [2.75, 3.05) is 0 Å². The number of benzene rings is 1. The van der Waals surface area contributed by atoms with Gasteiger partial charge in [0.2, 0.25) is 5.91 Å². The first-order valence-electron chi connectivity index (χ1n) is 8.56. The van der Waals surface area contributed by atoms with Gasteiger partial charge in [-0.05, 0) is 23.9 Å². The largest absolute Gasteiger partial charge is 0.350 e. The molecule has 0 atom stereocenters. The maximum Gasteiger partial charge on any atom is 0.272 e. The molecule has 1 amide bonds. The van der Waals surface area contributed by atoms with Crippen LogP contribution in [0.2, 0.25) is 0 Å². The number of hydrogen-bond donors (Lipinski definition) is 2. The summed E-state index contributed by atoms with van der Waals surface area (Å²) in [5.41, 5.74) is 3.82. The second-order valence-corrected chi connectivity index (χ2v) is 7.31. The Bertz CT molecular complexity index is 1140. The fourth-order valence-corrected chi connectivity index (χ4v) is 3.52. The van der Waals surface area contributed by atoms with Crippen molar-refractivity contribution in [3.63, 3.8) is 0 Å². The van der Waals surface area contributed by atoms with Crippen LogP contribution in [-0.4, -0.2) is 20.5 Å². The standard InChI is InChI=1S/C20H18N4O2S/c1-13-4-6-14(7-5-13)9-19(25)21-12-15-10-20(26)24-18(22-15)11-16(23-24)17-3-2-8-27-17/h2-8,10-11,23H,9,12H2,1H3,(H,21,25).